The topological polar surface area (TPSA) is 61.4 Å². The van der Waals surface area contributed by atoms with E-state index < -0.39 is 10.0 Å². The van der Waals surface area contributed by atoms with Gasteiger partial charge in [0.1, 0.15) is 4.90 Å². The van der Waals surface area contributed by atoms with E-state index in [1.807, 2.05) is 26.0 Å². The van der Waals surface area contributed by atoms with Gasteiger partial charge in [0.25, 0.3) is 0 Å². The Labute approximate surface area is 127 Å². The first-order valence-electron chi connectivity index (χ1n) is 7.34. The van der Waals surface area contributed by atoms with Crippen LogP contribution in [-0.4, -0.2) is 39.6 Å². The third-order valence-electron chi connectivity index (χ3n) is 3.64. The minimum Gasteiger partial charge on any atom is -0.363 e. The van der Waals surface area contributed by atoms with Gasteiger partial charge in [0.15, 0.2) is 0 Å². The lowest BCUT2D eigenvalue weighted by Crippen LogP contribution is -2.58. The van der Waals surface area contributed by atoms with Crippen LogP contribution >= 0.6 is 0 Å². The highest BCUT2D eigenvalue weighted by Crippen LogP contribution is 2.31. The number of nitrogens with one attached hydrogen (secondary N) is 2. The molecule has 0 spiro atoms. The van der Waals surface area contributed by atoms with E-state index in [0.29, 0.717) is 4.90 Å². The van der Waals surface area contributed by atoms with Gasteiger partial charge < -0.3 is 10.2 Å². The molecule has 0 saturated carbocycles. The van der Waals surface area contributed by atoms with Crippen LogP contribution in [0.15, 0.2) is 29.2 Å². The standard InChI is InChI=1S/C15H25N3O2S/c1-12(2)17-21(19,20)14-8-6-5-7-13(14)18-10-9-16-11-15(18,3)4/h5-8,12,16-17H,9-11H2,1-4H3. The lowest BCUT2D eigenvalue weighted by molar-refractivity contribution is 0.378. The zero-order valence-electron chi connectivity index (χ0n) is 13.2. The fourth-order valence-corrected chi connectivity index (χ4v) is 4.17. The third-order valence-corrected chi connectivity index (χ3v) is 5.34. The summed E-state index contributed by atoms with van der Waals surface area (Å²) in [6, 6.07) is 7.11. The van der Waals surface area contributed by atoms with Crippen LogP contribution in [0.5, 0.6) is 0 Å². The monoisotopic (exact) mass is 311 g/mol. The van der Waals surface area contributed by atoms with Gasteiger partial charge in [-0.2, -0.15) is 0 Å². The first kappa shape index (κ1) is 16.3. The molecule has 0 aromatic heterocycles. The summed E-state index contributed by atoms with van der Waals surface area (Å²) in [5, 5.41) is 3.36. The Morgan fingerprint density at radius 2 is 1.95 bits per heavy atom. The maximum absolute atomic E-state index is 12.6. The van der Waals surface area contributed by atoms with Gasteiger partial charge in [-0.15, -0.1) is 0 Å². The third kappa shape index (κ3) is 3.56. The van der Waals surface area contributed by atoms with Crippen molar-refractivity contribution in [2.45, 2.75) is 44.2 Å². The molecule has 1 aliphatic rings. The molecule has 5 nitrogen and oxygen atoms in total. The molecule has 2 N–H and O–H groups in total. The van der Waals surface area contributed by atoms with Gasteiger partial charge in [0, 0.05) is 31.2 Å². The van der Waals surface area contributed by atoms with Gasteiger partial charge in [0.2, 0.25) is 10.0 Å². The molecule has 1 aromatic rings. The largest absolute Gasteiger partial charge is 0.363 e. The molecule has 1 fully saturated rings. The lowest BCUT2D eigenvalue weighted by Gasteiger charge is -2.45. The molecule has 118 valence electrons. The van der Waals surface area contributed by atoms with Crippen molar-refractivity contribution in [2.24, 2.45) is 0 Å². The van der Waals surface area contributed by atoms with Gasteiger partial charge in [-0.05, 0) is 39.8 Å². The summed E-state index contributed by atoms with van der Waals surface area (Å²) in [5.41, 5.74) is 0.652. The van der Waals surface area contributed by atoms with Gasteiger partial charge in [-0.25, -0.2) is 13.1 Å². The molecule has 0 unspecified atom stereocenters. The Balaban J connectivity index is 2.46. The highest BCUT2D eigenvalue weighted by molar-refractivity contribution is 7.89. The molecular formula is C15H25N3O2S. The molecule has 0 bridgehead atoms. The average molecular weight is 311 g/mol. The molecule has 0 radical (unpaired) electrons. The summed E-state index contributed by atoms with van der Waals surface area (Å²) in [7, 11) is -3.50. The van der Waals surface area contributed by atoms with Crippen molar-refractivity contribution in [1.82, 2.24) is 10.0 Å². The van der Waals surface area contributed by atoms with E-state index in [9.17, 15) is 8.42 Å². The van der Waals surface area contributed by atoms with E-state index in [1.165, 1.54) is 0 Å². The maximum atomic E-state index is 12.6. The first-order valence-corrected chi connectivity index (χ1v) is 8.82. The van der Waals surface area contributed by atoms with E-state index in [2.05, 4.69) is 28.8 Å². The van der Waals surface area contributed by atoms with Crippen molar-refractivity contribution in [3.8, 4) is 0 Å². The second kappa shape index (κ2) is 5.94. The Hall–Kier alpha value is -1.11. The van der Waals surface area contributed by atoms with Gasteiger partial charge in [0.05, 0.1) is 5.69 Å². The maximum Gasteiger partial charge on any atom is 0.242 e. The zero-order valence-corrected chi connectivity index (χ0v) is 14.0. The van der Waals surface area contributed by atoms with Gasteiger partial charge >= 0.3 is 0 Å². The Kier molecular flexibility index (Phi) is 4.60. The predicted molar refractivity (Wildman–Crippen MR) is 86.2 cm³/mol. The zero-order chi connectivity index (χ0) is 15.7. The number of hydrogen-bond donors (Lipinski definition) is 2. The minimum absolute atomic E-state index is 0.123. The molecule has 21 heavy (non-hydrogen) atoms. The lowest BCUT2D eigenvalue weighted by atomic mass is 9.99. The molecule has 1 heterocycles. The average Bonchev–Trinajstić information content (AvgIpc) is 2.37. The minimum atomic E-state index is -3.50. The van der Waals surface area contributed by atoms with Crippen LogP contribution in [0.25, 0.3) is 0 Å². The Morgan fingerprint density at radius 3 is 2.57 bits per heavy atom. The summed E-state index contributed by atoms with van der Waals surface area (Å²) in [5.74, 6) is 0. The number of piperazine rings is 1. The molecule has 1 saturated heterocycles. The molecular weight excluding hydrogens is 286 g/mol. The van der Waals surface area contributed by atoms with Crippen molar-refractivity contribution >= 4 is 15.7 Å². The smallest absolute Gasteiger partial charge is 0.242 e. The number of sulfonamides is 1. The number of anilines is 1. The number of hydrogen-bond acceptors (Lipinski definition) is 4. The second-order valence-electron chi connectivity index (χ2n) is 6.38. The van der Waals surface area contributed by atoms with Crippen LogP contribution in [0.1, 0.15) is 27.7 Å². The molecule has 6 heteroatoms. The normalized spacial score (nSPS) is 19.0. The van der Waals surface area contributed by atoms with Crippen molar-refractivity contribution < 1.29 is 8.42 Å². The quantitative estimate of drug-likeness (QED) is 0.886. The fourth-order valence-electron chi connectivity index (χ4n) is 2.71. The number of para-hydroxylation sites is 1. The number of rotatable bonds is 4. The number of benzene rings is 1. The summed E-state index contributed by atoms with van der Waals surface area (Å²) < 4.78 is 27.8. The van der Waals surface area contributed by atoms with Crippen LogP contribution < -0.4 is 14.9 Å². The summed E-state index contributed by atoms with van der Waals surface area (Å²) in [6.07, 6.45) is 0. The van der Waals surface area contributed by atoms with Crippen LogP contribution in [0, 0.1) is 0 Å². The predicted octanol–water partition coefficient (Wildman–Crippen LogP) is 1.56. The number of nitrogens with zero attached hydrogens (tertiary/aromatic N) is 1. The van der Waals surface area contributed by atoms with Crippen LogP contribution in [0.3, 0.4) is 0 Å². The van der Waals surface area contributed by atoms with Crippen molar-refractivity contribution in [3.05, 3.63) is 24.3 Å². The van der Waals surface area contributed by atoms with E-state index in [4.69, 9.17) is 0 Å². The van der Waals surface area contributed by atoms with Crippen molar-refractivity contribution in [1.29, 1.82) is 0 Å². The van der Waals surface area contributed by atoms with E-state index >= 15 is 0 Å². The molecule has 1 aromatic carbocycles. The van der Waals surface area contributed by atoms with Gasteiger partial charge in [-0.1, -0.05) is 12.1 Å². The molecule has 0 amide bonds. The summed E-state index contributed by atoms with van der Waals surface area (Å²) in [4.78, 5) is 2.53. The SMILES string of the molecule is CC(C)NS(=O)(=O)c1ccccc1N1CCNCC1(C)C. The van der Waals surface area contributed by atoms with Gasteiger partial charge in [-0.3, -0.25) is 0 Å². The second-order valence-corrected chi connectivity index (χ2v) is 8.07. The molecule has 2 rings (SSSR count). The molecule has 0 atom stereocenters. The van der Waals surface area contributed by atoms with Crippen LogP contribution in [0.2, 0.25) is 0 Å². The first-order chi connectivity index (χ1) is 9.74. The highest BCUT2D eigenvalue weighted by atomic mass is 32.2. The summed E-state index contributed by atoms with van der Waals surface area (Å²) >= 11 is 0. The van der Waals surface area contributed by atoms with Crippen LogP contribution in [0.4, 0.5) is 5.69 Å². The van der Waals surface area contributed by atoms with E-state index in [-0.39, 0.29) is 11.6 Å². The highest BCUT2D eigenvalue weighted by Gasteiger charge is 2.33. The summed E-state index contributed by atoms with van der Waals surface area (Å²) in [6.45, 7) is 10.4. The Morgan fingerprint density at radius 1 is 1.29 bits per heavy atom. The van der Waals surface area contributed by atoms with Crippen LogP contribution in [-0.2, 0) is 10.0 Å². The van der Waals surface area contributed by atoms with Crippen molar-refractivity contribution in [2.75, 3.05) is 24.5 Å². The molecule has 0 aliphatic carbocycles. The Bertz CT molecular complexity index is 597. The van der Waals surface area contributed by atoms with Crippen molar-refractivity contribution in [3.63, 3.8) is 0 Å². The molecule has 1 aliphatic heterocycles. The fraction of sp³-hybridized carbons (Fsp3) is 0.600. The van der Waals surface area contributed by atoms with E-state index in [0.717, 1.165) is 25.3 Å². The van der Waals surface area contributed by atoms with E-state index in [1.54, 1.807) is 12.1 Å².